The lowest BCUT2D eigenvalue weighted by Crippen LogP contribution is -1.71. The SMILES string of the molecule is CCCCC/C=C\C/C=C\C/C=C\C/C=C\CCC[C]=S. The van der Waals surface area contributed by atoms with Crippen molar-refractivity contribution in [3.63, 3.8) is 0 Å². The molecule has 0 aliphatic carbocycles. The van der Waals surface area contributed by atoms with Crippen molar-refractivity contribution in [2.45, 2.75) is 71.1 Å². The van der Waals surface area contributed by atoms with Crippen LogP contribution in [0.25, 0.3) is 0 Å². The van der Waals surface area contributed by atoms with Crippen molar-refractivity contribution in [3.05, 3.63) is 48.6 Å². The molecule has 0 aromatic rings. The molecule has 0 fully saturated rings. The van der Waals surface area contributed by atoms with E-state index >= 15 is 0 Å². The van der Waals surface area contributed by atoms with E-state index in [2.05, 4.69) is 73.1 Å². The van der Waals surface area contributed by atoms with Crippen molar-refractivity contribution >= 4 is 17.6 Å². The van der Waals surface area contributed by atoms with Crippen molar-refractivity contribution in [2.24, 2.45) is 0 Å². The summed E-state index contributed by atoms with van der Waals surface area (Å²) in [4.78, 5) is 0. The molecule has 0 aliphatic heterocycles. The highest BCUT2D eigenvalue weighted by atomic mass is 32.1. The van der Waals surface area contributed by atoms with Crippen molar-refractivity contribution < 1.29 is 0 Å². The zero-order valence-electron chi connectivity index (χ0n) is 13.6. The first-order valence-electron chi connectivity index (χ1n) is 8.36. The Morgan fingerprint density at radius 2 is 1.14 bits per heavy atom. The summed E-state index contributed by atoms with van der Waals surface area (Å²) >= 11 is 4.67. The van der Waals surface area contributed by atoms with Gasteiger partial charge in [0.05, 0.1) is 0 Å². The molecular formula is C20H31S. The molecule has 0 saturated carbocycles. The molecule has 21 heavy (non-hydrogen) atoms. The highest BCUT2D eigenvalue weighted by molar-refractivity contribution is 7.78. The second kappa shape index (κ2) is 19.1. The summed E-state index contributed by atoms with van der Waals surface area (Å²) in [7, 11) is 0. The Bertz CT molecular complexity index is 321. The van der Waals surface area contributed by atoms with E-state index in [1.807, 2.05) is 0 Å². The number of allylic oxidation sites excluding steroid dienone is 8. The number of thiocarbonyl (C=S) groups is 1. The van der Waals surface area contributed by atoms with Crippen LogP contribution in [0.5, 0.6) is 0 Å². The predicted octanol–water partition coefficient (Wildman–Crippen LogP) is 7.01. The van der Waals surface area contributed by atoms with Crippen LogP contribution in [-0.4, -0.2) is 5.37 Å². The van der Waals surface area contributed by atoms with Gasteiger partial charge in [0.15, 0.2) is 0 Å². The van der Waals surface area contributed by atoms with Gasteiger partial charge in [-0.3, -0.25) is 0 Å². The zero-order chi connectivity index (χ0) is 15.4. The molecule has 1 radical (unpaired) electrons. The first kappa shape index (κ1) is 20.1. The maximum Gasteiger partial charge on any atom is 0.0291 e. The predicted molar refractivity (Wildman–Crippen MR) is 101 cm³/mol. The Balaban J connectivity index is 3.37. The van der Waals surface area contributed by atoms with Crippen LogP contribution in [0.2, 0.25) is 0 Å². The number of unbranched alkanes of at least 4 members (excludes halogenated alkanes) is 5. The van der Waals surface area contributed by atoms with Gasteiger partial charge in [-0.1, -0.05) is 80.6 Å². The van der Waals surface area contributed by atoms with Gasteiger partial charge in [-0.05, 0) is 51.4 Å². The molecule has 0 aliphatic rings. The van der Waals surface area contributed by atoms with Crippen molar-refractivity contribution in [2.75, 3.05) is 0 Å². The Morgan fingerprint density at radius 1 is 0.667 bits per heavy atom. The normalized spacial score (nSPS) is 12.4. The van der Waals surface area contributed by atoms with Gasteiger partial charge in [-0.15, -0.1) is 0 Å². The molecule has 1 heteroatoms. The largest absolute Gasteiger partial charge is 0.0882 e. The van der Waals surface area contributed by atoms with E-state index < -0.39 is 0 Å². The van der Waals surface area contributed by atoms with Gasteiger partial charge in [-0.25, -0.2) is 0 Å². The smallest absolute Gasteiger partial charge is 0.0291 e. The molecule has 0 amide bonds. The molecule has 0 bridgehead atoms. The van der Waals surface area contributed by atoms with Crippen molar-refractivity contribution in [1.29, 1.82) is 0 Å². The summed E-state index contributed by atoms with van der Waals surface area (Å²) in [5.74, 6) is 0. The van der Waals surface area contributed by atoms with Gasteiger partial charge >= 0.3 is 0 Å². The van der Waals surface area contributed by atoms with E-state index in [1.54, 1.807) is 0 Å². The number of hydrogen-bond donors (Lipinski definition) is 0. The molecule has 0 aromatic heterocycles. The first-order valence-corrected chi connectivity index (χ1v) is 8.77. The van der Waals surface area contributed by atoms with Crippen molar-refractivity contribution in [3.8, 4) is 0 Å². The Labute approximate surface area is 137 Å². The maximum atomic E-state index is 4.67. The standard InChI is InChI=1S/C20H31S/c1-2-3-4-5-6-7-8-9-10-11-12-13-14-15-16-17-18-19-20-21/h6-7,9-10,12-13,15-16H,2-5,8,11,14,17-19H2,1H3/b7-6-,10-9-,13-12-,16-15-. The Morgan fingerprint density at radius 3 is 1.62 bits per heavy atom. The molecule has 117 valence electrons. The molecule has 0 aromatic carbocycles. The monoisotopic (exact) mass is 303 g/mol. The average molecular weight is 304 g/mol. The molecule has 0 atom stereocenters. The van der Waals surface area contributed by atoms with E-state index in [0.29, 0.717) is 0 Å². The van der Waals surface area contributed by atoms with E-state index in [4.69, 9.17) is 0 Å². The van der Waals surface area contributed by atoms with E-state index in [0.717, 1.165) is 38.5 Å². The minimum absolute atomic E-state index is 0.924. The summed E-state index contributed by atoms with van der Waals surface area (Å²) in [6.45, 7) is 2.25. The lowest BCUT2D eigenvalue weighted by Gasteiger charge is -1.90. The van der Waals surface area contributed by atoms with Gasteiger partial charge in [-0.2, -0.15) is 0 Å². The van der Waals surface area contributed by atoms with Crippen LogP contribution >= 0.6 is 12.2 Å². The van der Waals surface area contributed by atoms with Crippen LogP contribution < -0.4 is 0 Å². The van der Waals surface area contributed by atoms with E-state index in [1.165, 1.54) is 25.7 Å². The molecule has 0 saturated heterocycles. The van der Waals surface area contributed by atoms with E-state index in [9.17, 15) is 0 Å². The van der Waals surface area contributed by atoms with Crippen LogP contribution in [0.4, 0.5) is 0 Å². The van der Waals surface area contributed by atoms with Gasteiger partial charge in [0, 0.05) is 5.37 Å². The number of rotatable bonds is 14. The minimum atomic E-state index is 0.924. The third-order valence-electron chi connectivity index (χ3n) is 3.11. The lowest BCUT2D eigenvalue weighted by molar-refractivity contribution is 0.728. The van der Waals surface area contributed by atoms with Crippen LogP contribution in [0.15, 0.2) is 48.6 Å². The van der Waals surface area contributed by atoms with Crippen LogP contribution in [0, 0.1) is 0 Å². The quantitative estimate of drug-likeness (QED) is 0.189. The topological polar surface area (TPSA) is 0 Å². The van der Waals surface area contributed by atoms with Crippen LogP contribution in [-0.2, 0) is 0 Å². The summed E-state index contributed by atoms with van der Waals surface area (Å²) in [6, 6.07) is 0. The molecule has 0 unspecified atom stereocenters. The van der Waals surface area contributed by atoms with Crippen LogP contribution in [0.1, 0.15) is 71.1 Å². The van der Waals surface area contributed by atoms with Crippen LogP contribution in [0.3, 0.4) is 0 Å². The summed E-state index contributed by atoms with van der Waals surface area (Å²) < 4.78 is 0. The highest BCUT2D eigenvalue weighted by Gasteiger charge is 1.81. The fourth-order valence-corrected chi connectivity index (χ4v) is 2.00. The maximum absolute atomic E-state index is 4.67. The first-order chi connectivity index (χ1) is 10.4. The molecular weight excluding hydrogens is 272 g/mol. The number of hydrogen-bond acceptors (Lipinski definition) is 1. The fraction of sp³-hybridized carbons (Fsp3) is 0.550. The second-order valence-electron chi connectivity index (χ2n) is 5.13. The molecule has 0 heterocycles. The zero-order valence-corrected chi connectivity index (χ0v) is 14.4. The molecule has 0 nitrogen and oxygen atoms in total. The minimum Gasteiger partial charge on any atom is -0.0882 e. The summed E-state index contributed by atoms with van der Waals surface area (Å²) in [5, 5.41) is 2.74. The second-order valence-corrected chi connectivity index (χ2v) is 5.41. The average Bonchev–Trinajstić information content (AvgIpc) is 2.50. The third-order valence-corrected chi connectivity index (χ3v) is 3.31. The van der Waals surface area contributed by atoms with Gasteiger partial charge in [0.1, 0.15) is 0 Å². The Hall–Kier alpha value is -0.950. The highest BCUT2D eigenvalue weighted by Crippen LogP contribution is 2.01. The van der Waals surface area contributed by atoms with Gasteiger partial charge in [0.25, 0.3) is 0 Å². The molecule has 0 spiro atoms. The molecule has 0 N–H and O–H groups in total. The third kappa shape index (κ3) is 19.0. The van der Waals surface area contributed by atoms with Gasteiger partial charge < -0.3 is 0 Å². The van der Waals surface area contributed by atoms with E-state index in [-0.39, 0.29) is 0 Å². The van der Waals surface area contributed by atoms with Crippen molar-refractivity contribution in [1.82, 2.24) is 0 Å². The molecule has 0 rings (SSSR count). The Kier molecular flexibility index (Phi) is 18.2. The lowest BCUT2D eigenvalue weighted by atomic mass is 10.2. The summed E-state index contributed by atoms with van der Waals surface area (Å²) in [6.07, 6.45) is 29.5. The summed E-state index contributed by atoms with van der Waals surface area (Å²) in [5.41, 5.74) is 0. The fourth-order valence-electron chi connectivity index (χ4n) is 1.85. The van der Waals surface area contributed by atoms with Gasteiger partial charge in [0.2, 0.25) is 0 Å².